The maximum Gasteiger partial charge on any atom is 0.343 e. The lowest BCUT2D eigenvalue weighted by molar-refractivity contribution is 0.0681. The summed E-state index contributed by atoms with van der Waals surface area (Å²) in [5.41, 5.74) is 0.872. The van der Waals surface area contributed by atoms with E-state index >= 15 is 0 Å². The van der Waals surface area contributed by atoms with Gasteiger partial charge in [0, 0.05) is 12.1 Å². The first-order valence-corrected chi connectivity index (χ1v) is 11.4. The van der Waals surface area contributed by atoms with Crippen LogP contribution in [0.25, 0.3) is 0 Å². The lowest BCUT2D eigenvalue weighted by atomic mass is 10.1. The Balaban J connectivity index is 0.00000481. The maximum atomic E-state index is 12.8. The number of benzene rings is 3. The Morgan fingerprint density at radius 3 is 1.68 bits per heavy atom. The smallest absolute Gasteiger partial charge is 0.343 e. The Hall–Kier alpha value is -3.59. The van der Waals surface area contributed by atoms with Crippen LogP contribution >= 0.6 is 12.4 Å². The normalized spacial score (nSPS) is 11.6. The highest BCUT2D eigenvalue weighted by molar-refractivity contribution is 5.93. The van der Waals surface area contributed by atoms with Crippen molar-refractivity contribution in [3.63, 3.8) is 0 Å². The van der Waals surface area contributed by atoms with Crippen molar-refractivity contribution in [2.45, 2.75) is 32.4 Å². The van der Waals surface area contributed by atoms with E-state index in [1.807, 2.05) is 20.8 Å². The molecule has 0 radical (unpaired) electrons. The number of nitrogens with one attached hydrogen (secondary N) is 1. The summed E-state index contributed by atoms with van der Waals surface area (Å²) in [6.45, 7) is 6.25. The van der Waals surface area contributed by atoms with Crippen molar-refractivity contribution in [2.24, 2.45) is 0 Å². The molecule has 9 heteroatoms. The fourth-order valence-electron chi connectivity index (χ4n) is 3.19. The fraction of sp³-hybridized carbons (Fsp3) is 0.286. The highest BCUT2D eigenvalue weighted by Gasteiger charge is 2.20. The molecule has 3 aromatic carbocycles. The van der Waals surface area contributed by atoms with Crippen LogP contribution in [-0.4, -0.2) is 43.3 Å². The van der Waals surface area contributed by atoms with Crippen molar-refractivity contribution < 1.29 is 33.6 Å². The van der Waals surface area contributed by atoms with Gasteiger partial charge in [0.15, 0.2) is 11.5 Å². The molecule has 3 aromatic rings. The molecule has 198 valence electrons. The molecule has 3 rings (SSSR count). The summed E-state index contributed by atoms with van der Waals surface area (Å²) in [4.78, 5) is 25.6. The minimum Gasteiger partial charge on any atom is -0.497 e. The molecular formula is C28H32ClNO7. The summed E-state index contributed by atoms with van der Waals surface area (Å²) >= 11 is 0. The first-order valence-electron chi connectivity index (χ1n) is 11.4. The van der Waals surface area contributed by atoms with Crippen molar-refractivity contribution in [1.82, 2.24) is 5.32 Å². The number of aliphatic hydroxyl groups is 1. The molecular weight excluding hydrogens is 498 g/mol. The second-order valence-corrected chi connectivity index (χ2v) is 9.09. The number of carbonyl (C=O) groups excluding carboxylic acids is 2. The Morgan fingerprint density at radius 2 is 1.24 bits per heavy atom. The summed E-state index contributed by atoms with van der Waals surface area (Å²) in [6.07, 6.45) is -0.881. The number of carbonyl (C=O) groups is 2. The van der Waals surface area contributed by atoms with Crippen molar-refractivity contribution >= 4 is 24.3 Å². The minimum atomic E-state index is -0.881. The third-order valence-corrected chi connectivity index (χ3v) is 5.24. The molecule has 37 heavy (non-hydrogen) atoms. The summed E-state index contributed by atoms with van der Waals surface area (Å²) in [6, 6.07) is 17.4. The molecule has 0 amide bonds. The minimum absolute atomic E-state index is 0. The Kier molecular flexibility index (Phi) is 10.5. The molecule has 0 unspecified atom stereocenters. The quantitative estimate of drug-likeness (QED) is 0.295. The zero-order valence-corrected chi connectivity index (χ0v) is 22.3. The van der Waals surface area contributed by atoms with Crippen LogP contribution in [0.5, 0.6) is 23.0 Å². The summed E-state index contributed by atoms with van der Waals surface area (Å²) in [5.74, 6) is -0.0525. The van der Waals surface area contributed by atoms with Gasteiger partial charge in [0.2, 0.25) is 0 Å². The first-order chi connectivity index (χ1) is 17.1. The van der Waals surface area contributed by atoms with Crippen LogP contribution in [-0.2, 0) is 0 Å². The summed E-state index contributed by atoms with van der Waals surface area (Å²) < 4.78 is 21.4. The first kappa shape index (κ1) is 29.6. The molecule has 0 aliphatic carbocycles. The van der Waals surface area contributed by atoms with Gasteiger partial charge in [0.25, 0.3) is 0 Å². The molecule has 1 atom stereocenters. The Labute approximate surface area is 222 Å². The third kappa shape index (κ3) is 8.49. The maximum absolute atomic E-state index is 12.8. The predicted molar refractivity (Wildman–Crippen MR) is 142 cm³/mol. The van der Waals surface area contributed by atoms with Gasteiger partial charge in [-0.25, -0.2) is 9.59 Å². The topological polar surface area (TPSA) is 103 Å². The van der Waals surface area contributed by atoms with Crippen LogP contribution in [0.3, 0.4) is 0 Å². The van der Waals surface area contributed by atoms with Crippen molar-refractivity contribution in [3.05, 3.63) is 83.4 Å². The number of methoxy groups -OCH3 is 2. The van der Waals surface area contributed by atoms with Crippen molar-refractivity contribution in [3.8, 4) is 23.0 Å². The van der Waals surface area contributed by atoms with Gasteiger partial charge >= 0.3 is 11.9 Å². The van der Waals surface area contributed by atoms with Gasteiger partial charge in [-0.2, -0.15) is 0 Å². The lowest BCUT2D eigenvalue weighted by Gasteiger charge is -2.23. The number of esters is 2. The van der Waals surface area contributed by atoms with Gasteiger partial charge in [-0.3, -0.25) is 0 Å². The van der Waals surface area contributed by atoms with Gasteiger partial charge in [-0.15, -0.1) is 12.4 Å². The average Bonchev–Trinajstić information content (AvgIpc) is 2.87. The molecule has 0 saturated heterocycles. The number of hydrogen-bond acceptors (Lipinski definition) is 8. The molecule has 0 spiro atoms. The molecule has 8 nitrogen and oxygen atoms in total. The van der Waals surface area contributed by atoms with Crippen LogP contribution in [0.15, 0.2) is 66.7 Å². The van der Waals surface area contributed by atoms with E-state index in [4.69, 9.17) is 18.9 Å². The highest BCUT2D eigenvalue weighted by atomic mass is 35.5. The van der Waals surface area contributed by atoms with E-state index in [-0.39, 0.29) is 41.6 Å². The number of aliphatic hydroxyl groups excluding tert-OH is 1. The van der Waals surface area contributed by atoms with E-state index in [0.29, 0.717) is 22.6 Å². The van der Waals surface area contributed by atoms with Crippen molar-refractivity contribution in [1.29, 1.82) is 0 Å². The van der Waals surface area contributed by atoms with Crippen LogP contribution in [0.4, 0.5) is 0 Å². The molecule has 0 aromatic heterocycles. The second-order valence-electron chi connectivity index (χ2n) is 9.09. The monoisotopic (exact) mass is 529 g/mol. The van der Waals surface area contributed by atoms with Gasteiger partial charge in [0.1, 0.15) is 11.5 Å². The SMILES string of the molecule is COc1ccc(C(=O)Oc2ccc([C@@H](O)CNC(C)(C)C)cc2OC(=O)c2ccc(OC)cc2)cc1.Cl. The van der Waals surface area contributed by atoms with Gasteiger partial charge in [-0.1, -0.05) is 6.07 Å². The standard InChI is InChI=1S/C28H31NO7.ClH/c1-28(2,3)29-17-23(30)20-10-15-24(35-26(31)18-6-11-21(33-4)12-7-18)25(16-20)36-27(32)19-8-13-22(34-5)14-9-19;/h6-16,23,29-30H,17H2,1-5H3;1H/t23-;/m0./s1. The number of halogens is 1. The van der Waals surface area contributed by atoms with E-state index in [0.717, 1.165) is 0 Å². The van der Waals surface area contributed by atoms with Crippen LogP contribution in [0, 0.1) is 0 Å². The largest absolute Gasteiger partial charge is 0.497 e. The Morgan fingerprint density at radius 1 is 0.784 bits per heavy atom. The third-order valence-electron chi connectivity index (χ3n) is 5.24. The summed E-state index contributed by atoms with van der Waals surface area (Å²) in [7, 11) is 3.06. The lowest BCUT2D eigenvalue weighted by Crippen LogP contribution is -2.38. The zero-order chi connectivity index (χ0) is 26.3. The number of rotatable bonds is 9. The zero-order valence-electron chi connectivity index (χ0n) is 21.4. The van der Waals surface area contributed by atoms with Crippen LogP contribution in [0.2, 0.25) is 0 Å². The second kappa shape index (κ2) is 13.1. The average molecular weight is 530 g/mol. The fourth-order valence-corrected chi connectivity index (χ4v) is 3.19. The predicted octanol–water partition coefficient (Wildman–Crippen LogP) is 4.99. The van der Waals surface area contributed by atoms with E-state index in [2.05, 4.69) is 5.32 Å². The molecule has 0 aliphatic heterocycles. The van der Waals surface area contributed by atoms with Crippen LogP contribution < -0.4 is 24.3 Å². The van der Waals surface area contributed by atoms with E-state index in [1.54, 1.807) is 54.6 Å². The Bertz CT molecular complexity index is 1190. The van der Waals surface area contributed by atoms with Crippen molar-refractivity contribution in [2.75, 3.05) is 20.8 Å². The van der Waals surface area contributed by atoms with E-state index in [1.165, 1.54) is 26.4 Å². The van der Waals surface area contributed by atoms with Gasteiger partial charge in [-0.05, 0) is 87.0 Å². The number of ether oxygens (including phenoxy) is 4. The molecule has 0 heterocycles. The van der Waals surface area contributed by atoms with Crippen LogP contribution in [0.1, 0.15) is 53.2 Å². The molecule has 2 N–H and O–H groups in total. The molecule has 0 aliphatic rings. The molecule has 0 fully saturated rings. The van der Waals surface area contributed by atoms with E-state index in [9.17, 15) is 14.7 Å². The number of β-amino-alcohol motifs (C(OH)–C–C–N with tert-alkyl or cyclic N) is 1. The van der Waals surface area contributed by atoms with E-state index < -0.39 is 18.0 Å². The summed E-state index contributed by atoms with van der Waals surface area (Å²) in [5, 5.41) is 13.9. The number of hydrogen-bond donors (Lipinski definition) is 2. The highest BCUT2D eigenvalue weighted by Crippen LogP contribution is 2.32. The van der Waals surface area contributed by atoms with Gasteiger partial charge < -0.3 is 29.4 Å². The molecule has 0 bridgehead atoms. The molecule has 0 saturated carbocycles. The van der Waals surface area contributed by atoms with Gasteiger partial charge in [0.05, 0.1) is 31.5 Å².